The van der Waals surface area contributed by atoms with E-state index in [0.29, 0.717) is 5.92 Å². The highest BCUT2D eigenvalue weighted by Crippen LogP contribution is 2.19. The number of hydrogen-bond donors (Lipinski definition) is 2. The molecule has 84 valence electrons. The number of rotatable bonds is 5. The molecule has 0 radical (unpaired) electrons. The molecule has 3 nitrogen and oxygen atoms in total. The summed E-state index contributed by atoms with van der Waals surface area (Å²) in [6.45, 7) is 7.47. The fourth-order valence-electron chi connectivity index (χ4n) is 1.76. The Kier molecular flexibility index (Phi) is 3.10. The van der Waals surface area contributed by atoms with E-state index < -0.39 is 0 Å². The maximum absolute atomic E-state index is 4.63. The first kappa shape index (κ1) is 10.7. The quantitative estimate of drug-likeness (QED) is 0.777. The van der Waals surface area contributed by atoms with Crippen LogP contribution >= 0.6 is 0 Å². The summed E-state index contributed by atoms with van der Waals surface area (Å²) in [6.07, 6.45) is 3.74. The molecule has 3 heteroatoms. The van der Waals surface area contributed by atoms with Crippen LogP contribution in [0.15, 0.2) is 0 Å². The van der Waals surface area contributed by atoms with Crippen LogP contribution < -0.4 is 5.32 Å². The van der Waals surface area contributed by atoms with Crippen LogP contribution in [0.5, 0.6) is 0 Å². The van der Waals surface area contributed by atoms with E-state index in [1.807, 2.05) is 0 Å². The van der Waals surface area contributed by atoms with Crippen molar-refractivity contribution in [2.75, 3.05) is 0 Å². The third-order valence-electron chi connectivity index (χ3n) is 2.77. The molecular weight excluding hydrogens is 186 g/mol. The highest BCUT2D eigenvalue weighted by atomic mass is 15.0. The lowest BCUT2D eigenvalue weighted by Crippen LogP contribution is -2.16. The predicted molar refractivity (Wildman–Crippen MR) is 61.7 cm³/mol. The Morgan fingerprint density at radius 2 is 2.20 bits per heavy atom. The molecule has 0 aromatic carbocycles. The fraction of sp³-hybridized carbons (Fsp3) is 0.750. The van der Waals surface area contributed by atoms with Gasteiger partial charge in [0.2, 0.25) is 0 Å². The van der Waals surface area contributed by atoms with Crippen molar-refractivity contribution < 1.29 is 0 Å². The molecule has 0 saturated heterocycles. The van der Waals surface area contributed by atoms with E-state index in [1.165, 1.54) is 24.2 Å². The third-order valence-corrected chi connectivity index (χ3v) is 2.77. The second kappa shape index (κ2) is 4.35. The molecule has 1 fully saturated rings. The Morgan fingerprint density at radius 1 is 1.47 bits per heavy atom. The maximum Gasteiger partial charge on any atom is 0.120 e. The first-order chi connectivity index (χ1) is 7.15. The summed E-state index contributed by atoms with van der Waals surface area (Å²) >= 11 is 0. The second-order valence-electron chi connectivity index (χ2n) is 5.01. The first-order valence-corrected chi connectivity index (χ1v) is 5.93. The van der Waals surface area contributed by atoms with Gasteiger partial charge in [-0.25, -0.2) is 4.98 Å². The Morgan fingerprint density at radius 3 is 2.80 bits per heavy atom. The molecule has 1 aromatic rings. The number of aromatic amines is 1. The molecule has 0 spiro atoms. The van der Waals surface area contributed by atoms with Gasteiger partial charge in [-0.1, -0.05) is 13.8 Å². The zero-order valence-electron chi connectivity index (χ0n) is 9.93. The molecule has 15 heavy (non-hydrogen) atoms. The number of hydrogen-bond acceptors (Lipinski definition) is 2. The molecule has 1 aliphatic carbocycles. The summed E-state index contributed by atoms with van der Waals surface area (Å²) in [5.41, 5.74) is 2.47. The highest BCUT2D eigenvalue weighted by Gasteiger charge is 2.20. The molecule has 0 atom stereocenters. The number of imidazole rings is 1. The average Bonchev–Trinajstić information content (AvgIpc) is 2.90. The summed E-state index contributed by atoms with van der Waals surface area (Å²) in [7, 11) is 0. The summed E-state index contributed by atoms with van der Waals surface area (Å²) in [5.74, 6) is 1.77. The zero-order chi connectivity index (χ0) is 10.8. The van der Waals surface area contributed by atoms with Crippen molar-refractivity contribution in [3.05, 3.63) is 17.2 Å². The van der Waals surface area contributed by atoms with Crippen LogP contribution in [0.2, 0.25) is 0 Å². The Bertz CT molecular complexity index is 324. The van der Waals surface area contributed by atoms with Crippen LogP contribution in [0.4, 0.5) is 0 Å². The Balaban J connectivity index is 1.93. The lowest BCUT2D eigenvalue weighted by atomic mass is 10.1. The second-order valence-corrected chi connectivity index (χ2v) is 5.01. The topological polar surface area (TPSA) is 40.7 Å². The van der Waals surface area contributed by atoms with Gasteiger partial charge in [-0.05, 0) is 32.1 Å². The zero-order valence-corrected chi connectivity index (χ0v) is 9.93. The van der Waals surface area contributed by atoms with E-state index >= 15 is 0 Å². The van der Waals surface area contributed by atoms with Crippen molar-refractivity contribution in [2.24, 2.45) is 5.92 Å². The van der Waals surface area contributed by atoms with Gasteiger partial charge in [-0.15, -0.1) is 0 Å². The first-order valence-electron chi connectivity index (χ1n) is 5.93. The maximum atomic E-state index is 4.63. The third kappa shape index (κ3) is 3.06. The SMILES string of the molecule is Cc1[nH]c(CNC2CC2)nc1CC(C)C. The monoisotopic (exact) mass is 207 g/mol. The molecule has 1 aromatic heterocycles. The number of nitrogens with one attached hydrogen (secondary N) is 2. The van der Waals surface area contributed by atoms with Crippen molar-refractivity contribution in [1.82, 2.24) is 15.3 Å². The van der Waals surface area contributed by atoms with Gasteiger partial charge < -0.3 is 10.3 Å². The van der Waals surface area contributed by atoms with Crippen molar-refractivity contribution in [2.45, 2.75) is 52.6 Å². The molecule has 0 bridgehead atoms. The molecule has 2 rings (SSSR count). The van der Waals surface area contributed by atoms with Crippen LogP contribution in [0.3, 0.4) is 0 Å². The van der Waals surface area contributed by atoms with Crippen molar-refractivity contribution in [3.63, 3.8) is 0 Å². The van der Waals surface area contributed by atoms with E-state index in [4.69, 9.17) is 0 Å². The number of aromatic nitrogens is 2. The summed E-state index contributed by atoms with van der Waals surface area (Å²) < 4.78 is 0. The lowest BCUT2D eigenvalue weighted by molar-refractivity contribution is 0.629. The van der Waals surface area contributed by atoms with Gasteiger partial charge in [-0.2, -0.15) is 0 Å². The normalized spacial score (nSPS) is 16.3. The minimum Gasteiger partial charge on any atom is -0.345 e. The molecule has 0 aliphatic heterocycles. The standard InChI is InChI=1S/C12H21N3/c1-8(2)6-11-9(3)14-12(15-11)7-13-10-4-5-10/h8,10,13H,4-7H2,1-3H3,(H,14,15). The molecule has 1 aliphatic rings. The predicted octanol–water partition coefficient (Wildman–Crippen LogP) is 2.17. The van der Waals surface area contributed by atoms with Crippen molar-refractivity contribution in [3.8, 4) is 0 Å². The van der Waals surface area contributed by atoms with Gasteiger partial charge in [0, 0.05) is 11.7 Å². The number of H-pyrrole nitrogens is 1. The van der Waals surface area contributed by atoms with Crippen LogP contribution in [0.1, 0.15) is 43.9 Å². The Labute approximate surface area is 91.7 Å². The minimum absolute atomic E-state index is 0.677. The van der Waals surface area contributed by atoms with Gasteiger partial charge in [0.1, 0.15) is 5.82 Å². The minimum atomic E-state index is 0.677. The van der Waals surface area contributed by atoms with Crippen molar-refractivity contribution >= 4 is 0 Å². The van der Waals surface area contributed by atoms with E-state index in [9.17, 15) is 0 Å². The molecule has 2 N–H and O–H groups in total. The number of aryl methyl sites for hydroxylation is 1. The van der Waals surface area contributed by atoms with Gasteiger partial charge in [0.05, 0.1) is 12.2 Å². The molecule has 0 amide bonds. The summed E-state index contributed by atoms with van der Waals surface area (Å²) in [4.78, 5) is 7.99. The largest absolute Gasteiger partial charge is 0.345 e. The van der Waals surface area contributed by atoms with Gasteiger partial charge in [0.15, 0.2) is 0 Å². The van der Waals surface area contributed by atoms with Gasteiger partial charge in [-0.3, -0.25) is 0 Å². The molecular formula is C12H21N3. The smallest absolute Gasteiger partial charge is 0.120 e. The summed E-state index contributed by atoms with van der Waals surface area (Å²) in [6, 6.07) is 0.754. The van der Waals surface area contributed by atoms with Gasteiger partial charge in [0.25, 0.3) is 0 Å². The highest BCUT2D eigenvalue weighted by molar-refractivity contribution is 5.13. The Hall–Kier alpha value is -0.830. The van der Waals surface area contributed by atoms with Crippen LogP contribution in [-0.4, -0.2) is 16.0 Å². The van der Waals surface area contributed by atoms with E-state index in [1.54, 1.807) is 0 Å². The van der Waals surface area contributed by atoms with Crippen LogP contribution in [0, 0.1) is 12.8 Å². The van der Waals surface area contributed by atoms with Crippen molar-refractivity contribution in [1.29, 1.82) is 0 Å². The van der Waals surface area contributed by atoms with E-state index in [-0.39, 0.29) is 0 Å². The van der Waals surface area contributed by atoms with E-state index in [0.717, 1.165) is 24.8 Å². The number of nitrogens with zero attached hydrogens (tertiary/aromatic N) is 1. The fourth-order valence-corrected chi connectivity index (χ4v) is 1.76. The van der Waals surface area contributed by atoms with E-state index in [2.05, 4.69) is 36.1 Å². The van der Waals surface area contributed by atoms with Gasteiger partial charge >= 0.3 is 0 Å². The van der Waals surface area contributed by atoms with Crippen LogP contribution in [-0.2, 0) is 13.0 Å². The average molecular weight is 207 g/mol. The molecule has 1 heterocycles. The molecule has 1 saturated carbocycles. The lowest BCUT2D eigenvalue weighted by Gasteiger charge is -2.01. The molecule has 0 unspecified atom stereocenters. The van der Waals surface area contributed by atoms with Crippen LogP contribution in [0.25, 0.3) is 0 Å². The summed E-state index contributed by atoms with van der Waals surface area (Å²) in [5, 5.41) is 3.47.